The molecular weight excluding hydrogens is 1070 g/mol. The molecule has 17 nitrogen and oxygen atoms in total. The van der Waals surface area contributed by atoms with Gasteiger partial charge in [0.1, 0.15) is 19.3 Å². The molecule has 0 aliphatic heterocycles. The van der Waals surface area contributed by atoms with Crippen molar-refractivity contribution >= 4 is 39.5 Å². The van der Waals surface area contributed by atoms with E-state index in [1.165, 1.54) is 128 Å². The Morgan fingerprint density at radius 2 is 0.500 bits per heavy atom. The van der Waals surface area contributed by atoms with Gasteiger partial charge in [-0.3, -0.25) is 37.3 Å². The maximum atomic E-state index is 12.9. The highest BCUT2D eigenvalue weighted by atomic mass is 31.2. The average molecular weight is 1190 g/mol. The monoisotopic (exact) mass is 1180 g/mol. The fourth-order valence-corrected chi connectivity index (χ4v) is 10.7. The van der Waals surface area contributed by atoms with Crippen molar-refractivity contribution in [3.63, 3.8) is 0 Å². The largest absolute Gasteiger partial charge is 0.472 e. The lowest BCUT2D eigenvalue weighted by molar-refractivity contribution is -0.161. The molecule has 0 saturated carbocycles. The first-order valence-electron chi connectivity index (χ1n) is 32.3. The Morgan fingerprint density at radius 1 is 0.300 bits per heavy atom. The van der Waals surface area contributed by atoms with Gasteiger partial charge in [-0.15, -0.1) is 0 Å². The van der Waals surface area contributed by atoms with Gasteiger partial charge in [-0.05, 0) is 25.7 Å². The van der Waals surface area contributed by atoms with Gasteiger partial charge >= 0.3 is 39.5 Å². The summed E-state index contributed by atoms with van der Waals surface area (Å²) in [5.41, 5.74) is 0. The first kappa shape index (κ1) is 78.1. The number of carbonyl (C=O) groups excluding carboxylic acids is 4. The van der Waals surface area contributed by atoms with Gasteiger partial charge in [-0.2, -0.15) is 0 Å². The summed E-state index contributed by atoms with van der Waals surface area (Å²) in [7, 11) is -9.87. The molecule has 80 heavy (non-hydrogen) atoms. The van der Waals surface area contributed by atoms with Crippen LogP contribution in [-0.4, -0.2) is 96.7 Å². The van der Waals surface area contributed by atoms with Gasteiger partial charge in [0.05, 0.1) is 26.4 Å². The number of esters is 4. The number of ether oxygens (including phenoxy) is 4. The Morgan fingerprint density at radius 3 is 0.738 bits per heavy atom. The van der Waals surface area contributed by atoms with Crippen molar-refractivity contribution in [3.05, 3.63) is 0 Å². The van der Waals surface area contributed by atoms with Crippen molar-refractivity contribution in [1.82, 2.24) is 0 Å². The predicted octanol–water partition coefficient (Wildman–Crippen LogP) is 16.8. The second-order valence-electron chi connectivity index (χ2n) is 22.1. The quantitative estimate of drug-likeness (QED) is 0.0222. The van der Waals surface area contributed by atoms with Crippen LogP contribution in [0.4, 0.5) is 0 Å². The van der Waals surface area contributed by atoms with Crippen molar-refractivity contribution in [2.75, 3.05) is 39.6 Å². The highest BCUT2D eigenvalue weighted by Gasteiger charge is 2.30. The molecule has 0 radical (unpaired) electrons. The summed E-state index contributed by atoms with van der Waals surface area (Å²) in [6, 6.07) is 0. The minimum Gasteiger partial charge on any atom is -0.462 e. The number of aliphatic hydroxyl groups excluding tert-OH is 1. The second-order valence-corrected chi connectivity index (χ2v) is 25.0. The van der Waals surface area contributed by atoms with Crippen LogP contribution < -0.4 is 0 Å². The third-order valence-electron chi connectivity index (χ3n) is 14.1. The Balaban J connectivity index is 5.14. The van der Waals surface area contributed by atoms with E-state index in [1.807, 2.05) is 0 Å². The minimum absolute atomic E-state index is 0.104. The number of phosphoric acid groups is 2. The number of hydrogen-bond donors (Lipinski definition) is 3. The minimum atomic E-state index is -4.94. The highest BCUT2D eigenvalue weighted by Crippen LogP contribution is 2.45. The average Bonchev–Trinajstić information content (AvgIpc) is 3.43. The van der Waals surface area contributed by atoms with E-state index >= 15 is 0 Å². The number of rotatable bonds is 62. The molecule has 0 aromatic heterocycles. The van der Waals surface area contributed by atoms with Crippen LogP contribution in [0, 0.1) is 0 Å². The summed E-state index contributed by atoms with van der Waals surface area (Å²) in [6.45, 7) is 4.76. The van der Waals surface area contributed by atoms with Gasteiger partial charge < -0.3 is 33.8 Å². The Bertz CT molecular complexity index is 1550. The molecule has 0 aromatic carbocycles. The standard InChI is InChI=1S/C61H118O17P2/c1-5-9-13-17-20-23-25-26-27-28-29-31-33-36-40-44-48-61(66)78-57(52-72-59(64)46-42-38-35-32-30-24-21-18-14-10-6-2)54-76-80(69,70)74-50-55(62)49-73-79(67,68)75-53-56(51-71-58(63)45-41-37-16-12-8-4)77-60(65)47-43-39-34-22-19-15-11-7-3/h55-57,62H,5-54H2,1-4H3,(H,67,68)(H,69,70)/t55-,56+,57+/m0/s1. The Kier molecular flexibility index (Phi) is 54.8. The fraction of sp³-hybridized carbons (Fsp3) is 0.934. The zero-order chi connectivity index (χ0) is 59.1. The smallest absolute Gasteiger partial charge is 0.462 e. The van der Waals surface area contributed by atoms with Crippen LogP contribution >= 0.6 is 15.6 Å². The lowest BCUT2D eigenvalue weighted by Crippen LogP contribution is -2.30. The van der Waals surface area contributed by atoms with Crippen LogP contribution in [0.2, 0.25) is 0 Å². The summed E-state index contributed by atoms with van der Waals surface area (Å²) < 4.78 is 67.6. The Hall–Kier alpha value is -1.94. The van der Waals surface area contributed by atoms with E-state index in [2.05, 4.69) is 27.7 Å². The van der Waals surface area contributed by atoms with E-state index in [1.54, 1.807) is 0 Å². The molecule has 2 unspecified atom stereocenters. The van der Waals surface area contributed by atoms with Gasteiger partial charge in [-0.25, -0.2) is 9.13 Å². The normalized spacial score (nSPS) is 14.2. The molecule has 19 heteroatoms. The van der Waals surface area contributed by atoms with Gasteiger partial charge in [0, 0.05) is 25.7 Å². The molecule has 0 saturated heterocycles. The van der Waals surface area contributed by atoms with Crippen LogP contribution in [0.3, 0.4) is 0 Å². The molecule has 3 N–H and O–H groups in total. The predicted molar refractivity (Wildman–Crippen MR) is 317 cm³/mol. The van der Waals surface area contributed by atoms with Crippen LogP contribution in [-0.2, 0) is 65.4 Å². The molecule has 0 spiro atoms. The van der Waals surface area contributed by atoms with E-state index in [0.29, 0.717) is 25.7 Å². The third kappa shape index (κ3) is 55.3. The van der Waals surface area contributed by atoms with Crippen LogP contribution in [0.15, 0.2) is 0 Å². The fourth-order valence-electron chi connectivity index (χ4n) is 9.10. The molecule has 474 valence electrons. The summed E-state index contributed by atoms with van der Waals surface area (Å²) in [6.07, 6.45) is 40.7. The zero-order valence-electron chi connectivity index (χ0n) is 51.0. The van der Waals surface area contributed by atoms with Gasteiger partial charge in [0.15, 0.2) is 12.2 Å². The SMILES string of the molecule is CCCCCCCCCCCCCCCCCCC(=O)O[C@H](COC(=O)CCCCCCCCCCCCC)COP(=O)(O)OC[C@@H](O)COP(=O)(O)OC[C@@H](COC(=O)CCCCCCC)OC(=O)CCCCCCCCCC. The van der Waals surface area contributed by atoms with Crippen molar-refractivity contribution in [3.8, 4) is 0 Å². The van der Waals surface area contributed by atoms with E-state index < -0.39 is 97.5 Å². The van der Waals surface area contributed by atoms with Crippen LogP contribution in [0.5, 0.6) is 0 Å². The van der Waals surface area contributed by atoms with E-state index in [0.717, 1.165) is 103 Å². The van der Waals surface area contributed by atoms with Gasteiger partial charge in [0.2, 0.25) is 0 Å². The van der Waals surface area contributed by atoms with Gasteiger partial charge in [0.25, 0.3) is 0 Å². The topological polar surface area (TPSA) is 237 Å². The van der Waals surface area contributed by atoms with E-state index in [9.17, 15) is 43.2 Å². The lowest BCUT2D eigenvalue weighted by Gasteiger charge is -2.21. The van der Waals surface area contributed by atoms with Crippen LogP contribution in [0.1, 0.15) is 310 Å². The lowest BCUT2D eigenvalue weighted by atomic mass is 10.0. The summed E-state index contributed by atoms with van der Waals surface area (Å²) >= 11 is 0. The van der Waals surface area contributed by atoms with Crippen molar-refractivity contribution in [2.45, 2.75) is 329 Å². The molecule has 0 fully saturated rings. The molecule has 0 bridgehead atoms. The molecule has 0 aliphatic rings. The maximum absolute atomic E-state index is 12.9. The Labute approximate surface area is 486 Å². The van der Waals surface area contributed by atoms with Crippen molar-refractivity contribution < 1.29 is 80.2 Å². The first-order chi connectivity index (χ1) is 38.7. The number of unbranched alkanes of at least 4 members (excludes halogenated alkanes) is 36. The molecule has 5 atom stereocenters. The molecule has 0 heterocycles. The third-order valence-corrected chi connectivity index (χ3v) is 16.0. The summed E-state index contributed by atoms with van der Waals surface area (Å²) in [5, 5.41) is 10.5. The number of hydrogen-bond acceptors (Lipinski definition) is 15. The molecule has 0 amide bonds. The highest BCUT2D eigenvalue weighted by molar-refractivity contribution is 7.47. The number of phosphoric ester groups is 2. The van der Waals surface area contributed by atoms with Crippen LogP contribution in [0.25, 0.3) is 0 Å². The molecule has 0 aliphatic carbocycles. The number of carbonyl (C=O) groups is 4. The second kappa shape index (κ2) is 56.2. The van der Waals surface area contributed by atoms with Crippen molar-refractivity contribution in [2.24, 2.45) is 0 Å². The first-order valence-corrected chi connectivity index (χ1v) is 35.3. The van der Waals surface area contributed by atoms with Crippen molar-refractivity contribution in [1.29, 1.82) is 0 Å². The van der Waals surface area contributed by atoms with E-state index in [-0.39, 0.29) is 25.7 Å². The maximum Gasteiger partial charge on any atom is 0.472 e. The van der Waals surface area contributed by atoms with E-state index in [4.69, 9.17) is 37.0 Å². The van der Waals surface area contributed by atoms with Gasteiger partial charge in [-0.1, -0.05) is 259 Å². The number of aliphatic hydroxyl groups is 1. The molecular formula is C61H118O17P2. The summed E-state index contributed by atoms with van der Waals surface area (Å²) in [5.74, 6) is -2.15. The zero-order valence-corrected chi connectivity index (χ0v) is 52.8. The molecule has 0 aromatic rings. The summed E-state index contributed by atoms with van der Waals surface area (Å²) in [4.78, 5) is 71.7. The molecule has 0 rings (SSSR count).